The van der Waals surface area contributed by atoms with Gasteiger partial charge >= 0.3 is 5.97 Å². The van der Waals surface area contributed by atoms with Gasteiger partial charge in [-0.3, -0.25) is 0 Å². The molecule has 0 radical (unpaired) electrons. The molecule has 2 aromatic rings. The Balaban J connectivity index is 2.20. The molecular weight excluding hydrogens is 301 g/mol. The Labute approximate surface area is 120 Å². The summed E-state index contributed by atoms with van der Waals surface area (Å²) in [5.74, 6) is -2.25. The third kappa shape index (κ3) is 3.47. The third-order valence-electron chi connectivity index (χ3n) is 2.76. The molecule has 0 aliphatic rings. The smallest absolute Gasteiger partial charge is 0.371 e. The van der Waals surface area contributed by atoms with Crippen molar-refractivity contribution in [2.75, 3.05) is 0 Å². The number of aromatic carboxylic acids is 1. The van der Waals surface area contributed by atoms with E-state index in [0.29, 0.717) is 5.56 Å². The Kier molecular flexibility index (Phi) is 4.10. The first-order valence-electron chi connectivity index (χ1n) is 5.90. The second-order valence-electron chi connectivity index (χ2n) is 4.32. The van der Waals surface area contributed by atoms with Crippen LogP contribution in [0.25, 0.3) is 0 Å². The highest BCUT2D eigenvalue weighted by Gasteiger charge is 2.23. The van der Waals surface area contributed by atoms with Crippen LogP contribution < -0.4 is 4.72 Å². The molecule has 1 aromatic carbocycles. The summed E-state index contributed by atoms with van der Waals surface area (Å²) in [6.45, 7) is 1.58. The predicted octanol–water partition coefficient (Wildman–Crippen LogP) is 2.16. The number of halogens is 1. The van der Waals surface area contributed by atoms with Crippen molar-refractivity contribution < 1.29 is 27.1 Å². The maximum Gasteiger partial charge on any atom is 0.371 e. The summed E-state index contributed by atoms with van der Waals surface area (Å²) in [5.41, 5.74) is 0.560. The van der Waals surface area contributed by atoms with E-state index < -0.39 is 38.7 Å². The average Bonchev–Trinajstić information content (AvgIpc) is 2.89. The summed E-state index contributed by atoms with van der Waals surface area (Å²) in [6.07, 6.45) is 0. The van der Waals surface area contributed by atoms with Gasteiger partial charge in [-0.2, -0.15) is 0 Å². The van der Waals surface area contributed by atoms with E-state index in [9.17, 15) is 17.6 Å². The number of benzene rings is 1. The minimum absolute atomic E-state index is 0.425. The second kappa shape index (κ2) is 5.66. The lowest BCUT2D eigenvalue weighted by Gasteiger charge is -2.13. The van der Waals surface area contributed by atoms with Crippen LogP contribution in [-0.4, -0.2) is 19.5 Å². The summed E-state index contributed by atoms with van der Waals surface area (Å²) in [7, 11) is -4.00. The standard InChI is InChI=1S/C13H12FNO5S/c1-8(9-2-4-10(14)5-3-9)15-21(18,19)12-7-6-11(20-12)13(16)17/h2-8,15H,1H3,(H,16,17)/t8-/m1/s1. The summed E-state index contributed by atoms with van der Waals surface area (Å²) in [6, 6.07) is 6.82. The van der Waals surface area contributed by atoms with Crippen LogP contribution in [0.4, 0.5) is 4.39 Å². The van der Waals surface area contributed by atoms with E-state index in [0.717, 1.165) is 12.1 Å². The molecule has 8 heteroatoms. The van der Waals surface area contributed by atoms with Gasteiger partial charge in [0, 0.05) is 6.04 Å². The van der Waals surface area contributed by atoms with E-state index in [1.807, 2.05) is 0 Å². The van der Waals surface area contributed by atoms with Crippen LogP contribution in [-0.2, 0) is 10.0 Å². The zero-order valence-corrected chi connectivity index (χ0v) is 11.7. The topological polar surface area (TPSA) is 96.6 Å². The molecule has 0 saturated carbocycles. The number of sulfonamides is 1. The second-order valence-corrected chi connectivity index (χ2v) is 5.96. The molecular formula is C13H12FNO5S. The van der Waals surface area contributed by atoms with Crippen molar-refractivity contribution in [2.45, 2.75) is 18.1 Å². The Bertz CT molecular complexity index is 751. The van der Waals surface area contributed by atoms with Gasteiger partial charge in [0.25, 0.3) is 10.0 Å². The predicted molar refractivity (Wildman–Crippen MR) is 70.8 cm³/mol. The van der Waals surface area contributed by atoms with Crippen molar-refractivity contribution in [3.8, 4) is 0 Å². The SMILES string of the molecule is C[C@@H](NS(=O)(=O)c1ccc(C(=O)O)o1)c1ccc(F)cc1. The third-order valence-corrected chi connectivity index (χ3v) is 4.17. The number of nitrogens with one attached hydrogen (secondary N) is 1. The van der Waals surface area contributed by atoms with Crippen LogP contribution in [0.5, 0.6) is 0 Å². The number of furan rings is 1. The van der Waals surface area contributed by atoms with Gasteiger partial charge in [0.2, 0.25) is 10.9 Å². The highest BCUT2D eigenvalue weighted by molar-refractivity contribution is 7.89. The molecule has 1 heterocycles. The summed E-state index contributed by atoms with van der Waals surface area (Å²) < 4.78 is 44.0. The van der Waals surface area contributed by atoms with Crippen LogP contribution in [0.2, 0.25) is 0 Å². The maximum absolute atomic E-state index is 12.8. The number of carboxylic acids is 1. The van der Waals surface area contributed by atoms with Crippen molar-refractivity contribution in [3.05, 3.63) is 53.5 Å². The lowest BCUT2D eigenvalue weighted by molar-refractivity contribution is 0.0656. The minimum Gasteiger partial charge on any atom is -0.475 e. The van der Waals surface area contributed by atoms with Crippen molar-refractivity contribution in [1.29, 1.82) is 0 Å². The van der Waals surface area contributed by atoms with Crippen LogP contribution in [0.3, 0.4) is 0 Å². The van der Waals surface area contributed by atoms with E-state index in [4.69, 9.17) is 9.52 Å². The molecule has 0 aliphatic heterocycles. The maximum atomic E-state index is 12.8. The number of hydrogen-bond donors (Lipinski definition) is 2. The van der Waals surface area contributed by atoms with Crippen LogP contribution in [0, 0.1) is 5.82 Å². The largest absolute Gasteiger partial charge is 0.475 e. The van der Waals surface area contributed by atoms with E-state index in [1.165, 1.54) is 24.3 Å². The van der Waals surface area contributed by atoms with Crippen molar-refractivity contribution in [2.24, 2.45) is 0 Å². The fraction of sp³-hybridized carbons (Fsp3) is 0.154. The van der Waals surface area contributed by atoms with E-state index in [1.54, 1.807) is 6.92 Å². The number of rotatable bonds is 5. The zero-order valence-electron chi connectivity index (χ0n) is 10.9. The highest BCUT2D eigenvalue weighted by Crippen LogP contribution is 2.19. The molecule has 2 N–H and O–H groups in total. The van der Waals surface area contributed by atoms with E-state index >= 15 is 0 Å². The lowest BCUT2D eigenvalue weighted by atomic mass is 10.1. The average molecular weight is 313 g/mol. The normalized spacial score (nSPS) is 13.0. The Hall–Kier alpha value is -2.19. The first kappa shape index (κ1) is 15.2. The molecule has 0 amide bonds. The van der Waals surface area contributed by atoms with Gasteiger partial charge < -0.3 is 9.52 Å². The van der Waals surface area contributed by atoms with Gasteiger partial charge in [0.15, 0.2) is 0 Å². The van der Waals surface area contributed by atoms with Gasteiger partial charge in [0.1, 0.15) is 5.82 Å². The molecule has 0 fully saturated rings. The van der Waals surface area contributed by atoms with E-state index in [-0.39, 0.29) is 0 Å². The molecule has 0 aliphatic carbocycles. The summed E-state index contributed by atoms with van der Waals surface area (Å²) >= 11 is 0. The molecule has 1 atom stereocenters. The highest BCUT2D eigenvalue weighted by atomic mass is 32.2. The molecule has 0 unspecified atom stereocenters. The summed E-state index contributed by atoms with van der Waals surface area (Å²) in [5, 5.41) is 8.21. The lowest BCUT2D eigenvalue weighted by Crippen LogP contribution is -2.26. The zero-order chi connectivity index (χ0) is 15.6. The van der Waals surface area contributed by atoms with Crippen LogP contribution >= 0.6 is 0 Å². The Morgan fingerprint density at radius 1 is 1.24 bits per heavy atom. The van der Waals surface area contributed by atoms with Gasteiger partial charge in [-0.1, -0.05) is 12.1 Å². The molecule has 0 saturated heterocycles. The fourth-order valence-corrected chi connectivity index (χ4v) is 2.85. The van der Waals surface area contributed by atoms with Gasteiger partial charge in [0.05, 0.1) is 0 Å². The number of carbonyl (C=O) groups is 1. The van der Waals surface area contributed by atoms with Gasteiger partial charge in [-0.15, -0.1) is 0 Å². The Morgan fingerprint density at radius 2 is 1.86 bits per heavy atom. The molecule has 1 aromatic heterocycles. The first-order chi connectivity index (χ1) is 9.79. The molecule has 21 heavy (non-hydrogen) atoms. The number of carboxylic acid groups (broad SMARTS) is 1. The Morgan fingerprint density at radius 3 is 2.38 bits per heavy atom. The van der Waals surface area contributed by atoms with Crippen LogP contribution in [0.15, 0.2) is 45.9 Å². The first-order valence-corrected chi connectivity index (χ1v) is 7.39. The van der Waals surface area contributed by atoms with Crippen molar-refractivity contribution >= 4 is 16.0 Å². The summed E-state index contributed by atoms with van der Waals surface area (Å²) in [4.78, 5) is 10.7. The minimum atomic E-state index is -4.00. The van der Waals surface area contributed by atoms with Gasteiger partial charge in [-0.05, 0) is 36.8 Å². The van der Waals surface area contributed by atoms with Crippen molar-refractivity contribution in [3.63, 3.8) is 0 Å². The quantitative estimate of drug-likeness (QED) is 0.881. The molecule has 112 valence electrons. The van der Waals surface area contributed by atoms with E-state index in [2.05, 4.69) is 4.72 Å². The molecule has 6 nitrogen and oxygen atoms in total. The van der Waals surface area contributed by atoms with Crippen molar-refractivity contribution in [1.82, 2.24) is 4.72 Å². The van der Waals surface area contributed by atoms with Gasteiger partial charge in [-0.25, -0.2) is 22.3 Å². The fourth-order valence-electron chi connectivity index (χ4n) is 1.69. The molecule has 0 spiro atoms. The van der Waals surface area contributed by atoms with Crippen LogP contribution in [0.1, 0.15) is 29.1 Å². The molecule has 2 rings (SSSR count). The number of hydrogen-bond acceptors (Lipinski definition) is 4. The monoisotopic (exact) mass is 313 g/mol. The molecule has 0 bridgehead atoms.